The molecule has 100 valence electrons. The molecule has 0 aliphatic rings. The van der Waals surface area contributed by atoms with Gasteiger partial charge in [0.1, 0.15) is 0 Å². The topological polar surface area (TPSA) is 57.0 Å². The first-order valence-electron chi connectivity index (χ1n) is 5.83. The van der Waals surface area contributed by atoms with Crippen molar-refractivity contribution in [2.24, 2.45) is 0 Å². The first-order valence-corrected chi connectivity index (χ1v) is 6.21. The second kappa shape index (κ2) is 5.40. The largest absolute Gasteiger partial charge is 0.464 e. The Balaban J connectivity index is 2.64. The van der Waals surface area contributed by atoms with Gasteiger partial charge in [0, 0.05) is 12.4 Å². The lowest BCUT2D eigenvalue weighted by Gasteiger charge is -2.09. The molecule has 19 heavy (non-hydrogen) atoms. The van der Waals surface area contributed by atoms with E-state index in [0.29, 0.717) is 5.02 Å². The Morgan fingerprint density at radius 3 is 2.53 bits per heavy atom. The molecule has 2 heterocycles. The van der Waals surface area contributed by atoms with Crippen LogP contribution in [0, 0.1) is 0 Å². The van der Waals surface area contributed by atoms with Gasteiger partial charge in [-0.3, -0.25) is 4.98 Å². The molecule has 0 saturated heterocycles. The van der Waals surface area contributed by atoms with E-state index in [1.165, 1.54) is 7.11 Å². The minimum atomic E-state index is -0.542. The summed E-state index contributed by atoms with van der Waals surface area (Å²) in [5.41, 5.74) is 1.70. The van der Waals surface area contributed by atoms with E-state index in [4.69, 9.17) is 11.6 Å². The van der Waals surface area contributed by atoms with Crippen LogP contribution >= 0.6 is 11.6 Å². The Hall–Kier alpha value is -1.88. The Morgan fingerprint density at radius 1 is 1.37 bits per heavy atom. The lowest BCUT2D eigenvalue weighted by molar-refractivity contribution is 0.0593. The summed E-state index contributed by atoms with van der Waals surface area (Å²) in [4.78, 5) is 15.6. The Bertz CT molecular complexity index is 593. The summed E-state index contributed by atoms with van der Waals surface area (Å²) >= 11 is 6.25. The minimum absolute atomic E-state index is 0.117. The highest BCUT2D eigenvalue weighted by atomic mass is 35.5. The molecule has 0 radical (unpaired) electrons. The van der Waals surface area contributed by atoms with Gasteiger partial charge in [0.15, 0.2) is 5.69 Å². The van der Waals surface area contributed by atoms with Gasteiger partial charge in [0.25, 0.3) is 0 Å². The zero-order valence-corrected chi connectivity index (χ0v) is 11.7. The maximum absolute atomic E-state index is 11.7. The SMILES string of the molecule is COC(=O)c1nn(-c2ccncc2)c(C(C)C)c1Cl. The summed E-state index contributed by atoms with van der Waals surface area (Å²) in [6.45, 7) is 3.98. The number of rotatable bonds is 3. The lowest BCUT2D eigenvalue weighted by atomic mass is 10.1. The fourth-order valence-electron chi connectivity index (χ4n) is 1.82. The Labute approximate surface area is 116 Å². The van der Waals surface area contributed by atoms with Gasteiger partial charge in [0.2, 0.25) is 0 Å². The molecule has 0 atom stereocenters. The van der Waals surface area contributed by atoms with Crippen LogP contribution in [-0.4, -0.2) is 27.8 Å². The number of pyridine rings is 1. The van der Waals surface area contributed by atoms with Crippen molar-refractivity contribution >= 4 is 17.6 Å². The van der Waals surface area contributed by atoms with Crippen molar-refractivity contribution in [1.82, 2.24) is 14.8 Å². The summed E-state index contributed by atoms with van der Waals surface area (Å²) in [5, 5.41) is 4.59. The summed E-state index contributed by atoms with van der Waals surface area (Å²) in [5.74, 6) is -0.425. The van der Waals surface area contributed by atoms with Crippen molar-refractivity contribution in [2.75, 3.05) is 7.11 Å². The second-order valence-electron chi connectivity index (χ2n) is 4.31. The molecular formula is C13H14ClN3O2. The number of esters is 1. The summed E-state index contributed by atoms with van der Waals surface area (Å²) in [6, 6.07) is 3.60. The van der Waals surface area contributed by atoms with Gasteiger partial charge in [-0.15, -0.1) is 0 Å². The van der Waals surface area contributed by atoms with Gasteiger partial charge < -0.3 is 4.74 Å². The van der Waals surface area contributed by atoms with Crippen LogP contribution in [0.15, 0.2) is 24.5 Å². The van der Waals surface area contributed by atoms with Crippen molar-refractivity contribution in [3.63, 3.8) is 0 Å². The molecule has 0 N–H and O–H groups in total. The number of ether oxygens (including phenoxy) is 1. The number of nitrogens with zero attached hydrogens (tertiary/aromatic N) is 3. The molecule has 2 rings (SSSR count). The van der Waals surface area contributed by atoms with Crippen molar-refractivity contribution in [1.29, 1.82) is 0 Å². The molecule has 2 aromatic heterocycles. The van der Waals surface area contributed by atoms with E-state index in [2.05, 4.69) is 14.8 Å². The maximum Gasteiger partial charge on any atom is 0.360 e. The lowest BCUT2D eigenvalue weighted by Crippen LogP contribution is -2.05. The number of carbonyl (C=O) groups excluding carboxylic acids is 1. The molecule has 0 amide bonds. The zero-order valence-electron chi connectivity index (χ0n) is 10.9. The van der Waals surface area contributed by atoms with Gasteiger partial charge in [-0.2, -0.15) is 5.10 Å². The summed E-state index contributed by atoms with van der Waals surface area (Å²) in [7, 11) is 1.30. The third kappa shape index (κ3) is 2.46. The molecular weight excluding hydrogens is 266 g/mol. The predicted octanol–water partition coefficient (Wildman–Crippen LogP) is 2.83. The molecule has 0 aliphatic carbocycles. The summed E-state index contributed by atoms with van der Waals surface area (Å²) < 4.78 is 6.34. The molecule has 0 spiro atoms. The van der Waals surface area contributed by atoms with Crippen LogP contribution in [0.2, 0.25) is 5.02 Å². The number of halogens is 1. The average Bonchev–Trinajstić information content (AvgIpc) is 2.76. The number of methoxy groups -OCH3 is 1. The average molecular weight is 280 g/mol. The number of hydrogen-bond donors (Lipinski definition) is 0. The highest BCUT2D eigenvalue weighted by Crippen LogP contribution is 2.30. The molecule has 0 bridgehead atoms. The van der Waals surface area contributed by atoms with E-state index in [0.717, 1.165) is 11.4 Å². The minimum Gasteiger partial charge on any atom is -0.464 e. The quantitative estimate of drug-likeness (QED) is 0.811. The van der Waals surface area contributed by atoms with E-state index >= 15 is 0 Å². The van der Waals surface area contributed by atoms with Gasteiger partial charge in [-0.25, -0.2) is 9.48 Å². The smallest absolute Gasteiger partial charge is 0.360 e. The van der Waals surface area contributed by atoms with Crippen LogP contribution in [-0.2, 0) is 4.74 Å². The van der Waals surface area contributed by atoms with E-state index in [-0.39, 0.29) is 11.6 Å². The van der Waals surface area contributed by atoms with E-state index in [1.54, 1.807) is 29.2 Å². The van der Waals surface area contributed by atoms with Crippen LogP contribution in [0.4, 0.5) is 0 Å². The van der Waals surface area contributed by atoms with Crippen molar-refractivity contribution in [3.05, 3.63) is 40.9 Å². The normalized spacial score (nSPS) is 10.8. The van der Waals surface area contributed by atoms with Gasteiger partial charge in [-0.1, -0.05) is 25.4 Å². The van der Waals surface area contributed by atoms with Gasteiger partial charge in [0.05, 0.1) is 23.5 Å². The van der Waals surface area contributed by atoms with Crippen LogP contribution in [0.1, 0.15) is 35.9 Å². The highest BCUT2D eigenvalue weighted by molar-refractivity contribution is 6.34. The van der Waals surface area contributed by atoms with Crippen LogP contribution in [0.5, 0.6) is 0 Å². The first kappa shape index (κ1) is 13.5. The number of aromatic nitrogens is 3. The van der Waals surface area contributed by atoms with Crippen LogP contribution in [0.3, 0.4) is 0 Å². The highest BCUT2D eigenvalue weighted by Gasteiger charge is 2.24. The van der Waals surface area contributed by atoms with Gasteiger partial charge >= 0.3 is 5.97 Å². The molecule has 5 nitrogen and oxygen atoms in total. The van der Waals surface area contributed by atoms with E-state index in [9.17, 15) is 4.79 Å². The van der Waals surface area contributed by atoms with Crippen molar-refractivity contribution in [2.45, 2.75) is 19.8 Å². The molecule has 0 saturated carbocycles. The van der Waals surface area contributed by atoms with Crippen molar-refractivity contribution in [3.8, 4) is 5.69 Å². The van der Waals surface area contributed by atoms with Gasteiger partial charge in [-0.05, 0) is 18.1 Å². The van der Waals surface area contributed by atoms with Crippen LogP contribution < -0.4 is 0 Å². The molecule has 6 heteroatoms. The first-order chi connectivity index (χ1) is 9.06. The maximum atomic E-state index is 11.7. The molecule has 0 aromatic carbocycles. The fourth-order valence-corrected chi connectivity index (χ4v) is 2.23. The van der Waals surface area contributed by atoms with E-state index in [1.807, 2.05) is 13.8 Å². The monoisotopic (exact) mass is 279 g/mol. The molecule has 2 aromatic rings. The number of carbonyl (C=O) groups is 1. The van der Waals surface area contributed by atoms with Crippen LogP contribution in [0.25, 0.3) is 5.69 Å². The molecule has 0 unspecified atom stereocenters. The number of hydrogen-bond acceptors (Lipinski definition) is 4. The Kier molecular flexibility index (Phi) is 3.85. The second-order valence-corrected chi connectivity index (χ2v) is 4.69. The molecule has 0 fully saturated rings. The third-order valence-electron chi connectivity index (χ3n) is 2.69. The predicted molar refractivity (Wildman–Crippen MR) is 71.8 cm³/mol. The summed E-state index contributed by atoms with van der Waals surface area (Å²) in [6.07, 6.45) is 3.32. The van der Waals surface area contributed by atoms with Crippen molar-refractivity contribution < 1.29 is 9.53 Å². The van der Waals surface area contributed by atoms with E-state index < -0.39 is 5.97 Å². The standard InChI is InChI=1S/C13H14ClN3O2/c1-8(2)12-10(14)11(13(18)19-3)16-17(12)9-4-6-15-7-5-9/h4-8H,1-3H3. The Morgan fingerprint density at radius 2 is 2.00 bits per heavy atom. The zero-order chi connectivity index (χ0) is 14.0. The molecule has 0 aliphatic heterocycles. The third-order valence-corrected chi connectivity index (χ3v) is 3.07. The fraction of sp³-hybridized carbons (Fsp3) is 0.308.